The Morgan fingerprint density at radius 2 is 1.08 bits per heavy atom. The molecular formula is C23H46N2. The maximum atomic E-state index is 2.65. The summed E-state index contributed by atoms with van der Waals surface area (Å²) in [6.07, 6.45) is 24.5. The first-order valence-electron chi connectivity index (χ1n) is 11.4. The molecule has 0 aromatic rings. The molecule has 2 nitrogen and oxygen atoms in total. The molecule has 0 amide bonds. The number of hydrogen-bond donors (Lipinski definition) is 0. The van der Waals surface area contributed by atoms with Gasteiger partial charge in [0.2, 0.25) is 0 Å². The molecule has 1 heterocycles. The lowest BCUT2D eigenvalue weighted by Gasteiger charge is -2.32. The second-order valence-electron chi connectivity index (χ2n) is 8.08. The zero-order chi connectivity index (χ0) is 18.0. The Kier molecular flexibility index (Phi) is 15.5. The van der Waals surface area contributed by atoms with Gasteiger partial charge in [-0.25, -0.2) is 0 Å². The van der Waals surface area contributed by atoms with Crippen molar-refractivity contribution in [1.29, 1.82) is 0 Å². The summed E-state index contributed by atoms with van der Waals surface area (Å²) in [5.41, 5.74) is 0. The van der Waals surface area contributed by atoms with Crippen LogP contribution < -0.4 is 0 Å². The number of likely N-dealkylation sites (N-methyl/N-ethyl adjacent to an activating group) is 1. The molecule has 0 bridgehead atoms. The SMILES string of the molecule is CCCCCCCCC=CCCCCCCCCN1CCN(C)CC1. The van der Waals surface area contributed by atoms with E-state index in [0.717, 1.165) is 0 Å². The monoisotopic (exact) mass is 350 g/mol. The van der Waals surface area contributed by atoms with Crippen molar-refractivity contribution in [2.24, 2.45) is 0 Å². The van der Waals surface area contributed by atoms with Gasteiger partial charge >= 0.3 is 0 Å². The molecular weight excluding hydrogens is 304 g/mol. The van der Waals surface area contributed by atoms with Crippen LogP contribution in [0, 0.1) is 0 Å². The Hall–Kier alpha value is -0.340. The van der Waals surface area contributed by atoms with Crippen molar-refractivity contribution in [3.63, 3.8) is 0 Å². The molecule has 0 aromatic heterocycles. The van der Waals surface area contributed by atoms with Crippen molar-refractivity contribution >= 4 is 0 Å². The molecule has 1 aliphatic rings. The van der Waals surface area contributed by atoms with Gasteiger partial charge in [-0.3, -0.25) is 0 Å². The van der Waals surface area contributed by atoms with Gasteiger partial charge in [0.15, 0.2) is 0 Å². The van der Waals surface area contributed by atoms with Crippen LogP contribution >= 0.6 is 0 Å². The first-order chi connectivity index (χ1) is 12.3. The molecule has 0 aliphatic carbocycles. The number of nitrogens with zero attached hydrogens (tertiary/aromatic N) is 2. The largest absolute Gasteiger partial charge is 0.304 e. The molecule has 2 heteroatoms. The predicted octanol–water partition coefficient (Wildman–Crippen LogP) is 6.27. The zero-order valence-electron chi connectivity index (χ0n) is 17.5. The van der Waals surface area contributed by atoms with E-state index in [-0.39, 0.29) is 0 Å². The summed E-state index contributed by atoms with van der Waals surface area (Å²) in [6.45, 7) is 8.69. The second kappa shape index (κ2) is 17.1. The van der Waals surface area contributed by atoms with E-state index < -0.39 is 0 Å². The molecule has 25 heavy (non-hydrogen) atoms. The summed E-state index contributed by atoms with van der Waals surface area (Å²) < 4.78 is 0. The molecule has 1 fully saturated rings. The summed E-state index contributed by atoms with van der Waals surface area (Å²) in [7, 11) is 2.24. The van der Waals surface area contributed by atoms with Gasteiger partial charge in [-0.1, -0.05) is 76.9 Å². The van der Waals surface area contributed by atoms with E-state index in [4.69, 9.17) is 0 Å². The summed E-state index contributed by atoms with van der Waals surface area (Å²) in [5, 5.41) is 0. The Bertz CT molecular complexity index is 292. The highest BCUT2D eigenvalue weighted by Gasteiger charge is 2.12. The highest BCUT2D eigenvalue weighted by molar-refractivity contribution is 4.81. The third-order valence-electron chi connectivity index (χ3n) is 5.58. The minimum absolute atomic E-state index is 1.26. The Morgan fingerprint density at radius 3 is 1.64 bits per heavy atom. The maximum Gasteiger partial charge on any atom is 0.0110 e. The number of hydrogen-bond acceptors (Lipinski definition) is 2. The first kappa shape index (κ1) is 22.7. The lowest BCUT2D eigenvalue weighted by molar-refractivity contribution is 0.152. The Morgan fingerprint density at radius 1 is 0.600 bits per heavy atom. The lowest BCUT2D eigenvalue weighted by atomic mass is 10.1. The van der Waals surface area contributed by atoms with Gasteiger partial charge in [-0.15, -0.1) is 0 Å². The molecule has 148 valence electrons. The summed E-state index contributed by atoms with van der Waals surface area (Å²) in [5.74, 6) is 0. The third-order valence-corrected chi connectivity index (χ3v) is 5.58. The Balaban J connectivity index is 1.73. The molecule has 0 saturated carbocycles. The van der Waals surface area contributed by atoms with Crippen LogP contribution in [0.2, 0.25) is 0 Å². The average Bonchev–Trinajstić information content (AvgIpc) is 2.63. The predicted molar refractivity (Wildman–Crippen MR) is 113 cm³/mol. The van der Waals surface area contributed by atoms with Crippen LogP contribution in [0.25, 0.3) is 0 Å². The topological polar surface area (TPSA) is 6.48 Å². The van der Waals surface area contributed by atoms with Crippen LogP contribution in [0.15, 0.2) is 12.2 Å². The molecule has 0 N–H and O–H groups in total. The molecule has 0 radical (unpaired) electrons. The van der Waals surface area contributed by atoms with Crippen molar-refractivity contribution in [3.05, 3.63) is 12.2 Å². The van der Waals surface area contributed by atoms with Crippen LogP contribution in [-0.4, -0.2) is 49.6 Å². The van der Waals surface area contributed by atoms with Gasteiger partial charge < -0.3 is 9.80 Å². The normalized spacial score (nSPS) is 16.9. The van der Waals surface area contributed by atoms with E-state index in [1.807, 2.05) is 0 Å². The van der Waals surface area contributed by atoms with E-state index in [0.29, 0.717) is 0 Å². The summed E-state index contributed by atoms with van der Waals surface area (Å²) in [6, 6.07) is 0. The molecule has 0 atom stereocenters. The zero-order valence-corrected chi connectivity index (χ0v) is 17.5. The van der Waals surface area contributed by atoms with E-state index in [1.165, 1.54) is 123 Å². The van der Waals surface area contributed by atoms with E-state index in [2.05, 4.69) is 35.9 Å². The molecule has 1 rings (SSSR count). The van der Waals surface area contributed by atoms with Gasteiger partial charge in [0.25, 0.3) is 0 Å². The van der Waals surface area contributed by atoms with Crippen LogP contribution in [0.1, 0.15) is 96.8 Å². The molecule has 0 aromatic carbocycles. The van der Waals surface area contributed by atoms with Crippen LogP contribution in [0.4, 0.5) is 0 Å². The second-order valence-corrected chi connectivity index (χ2v) is 8.08. The highest BCUT2D eigenvalue weighted by atomic mass is 15.2. The van der Waals surface area contributed by atoms with Crippen LogP contribution in [0.5, 0.6) is 0 Å². The molecule has 1 saturated heterocycles. The lowest BCUT2D eigenvalue weighted by Crippen LogP contribution is -2.44. The summed E-state index contributed by atoms with van der Waals surface area (Å²) in [4.78, 5) is 5.09. The fraction of sp³-hybridized carbons (Fsp3) is 0.913. The Labute approximate surface area is 159 Å². The van der Waals surface area contributed by atoms with Gasteiger partial charge in [0, 0.05) is 26.2 Å². The molecule has 1 aliphatic heterocycles. The average molecular weight is 351 g/mol. The van der Waals surface area contributed by atoms with Gasteiger partial charge in [0.1, 0.15) is 0 Å². The van der Waals surface area contributed by atoms with Crippen molar-refractivity contribution in [2.75, 3.05) is 39.8 Å². The number of allylic oxidation sites excluding steroid dienone is 2. The van der Waals surface area contributed by atoms with Crippen molar-refractivity contribution in [1.82, 2.24) is 9.80 Å². The minimum atomic E-state index is 1.26. The van der Waals surface area contributed by atoms with E-state index in [1.54, 1.807) is 0 Å². The van der Waals surface area contributed by atoms with Crippen LogP contribution in [0.3, 0.4) is 0 Å². The smallest absolute Gasteiger partial charge is 0.0110 e. The maximum absolute atomic E-state index is 2.65. The number of piperazine rings is 1. The number of unbranched alkanes of at least 4 members (excludes halogenated alkanes) is 12. The minimum Gasteiger partial charge on any atom is -0.304 e. The van der Waals surface area contributed by atoms with Crippen molar-refractivity contribution < 1.29 is 0 Å². The molecule has 0 spiro atoms. The third kappa shape index (κ3) is 14.5. The molecule has 0 unspecified atom stereocenters. The van der Waals surface area contributed by atoms with Gasteiger partial charge in [0.05, 0.1) is 0 Å². The quantitative estimate of drug-likeness (QED) is 0.239. The first-order valence-corrected chi connectivity index (χ1v) is 11.4. The fourth-order valence-electron chi connectivity index (χ4n) is 3.65. The van der Waals surface area contributed by atoms with E-state index >= 15 is 0 Å². The van der Waals surface area contributed by atoms with Crippen molar-refractivity contribution in [2.45, 2.75) is 96.8 Å². The highest BCUT2D eigenvalue weighted by Crippen LogP contribution is 2.10. The standard InChI is InChI=1S/C23H46N2/c1-3-4-5-6-7-8-9-10-11-12-13-14-15-16-17-18-19-25-22-20-24(2)21-23-25/h10-11H,3-9,12-23H2,1-2H3. The van der Waals surface area contributed by atoms with Gasteiger partial charge in [-0.2, -0.15) is 0 Å². The fourth-order valence-corrected chi connectivity index (χ4v) is 3.65. The number of rotatable bonds is 16. The van der Waals surface area contributed by atoms with Gasteiger partial charge in [-0.05, 0) is 45.7 Å². The van der Waals surface area contributed by atoms with Crippen molar-refractivity contribution in [3.8, 4) is 0 Å². The summed E-state index contributed by atoms with van der Waals surface area (Å²) >= 11 is 0. The van der Waals surface area contributed by atoms with E-state index in [9.17, 15) is 0 Å². The van der Waals surface area contributed by atoms with Crippen LogP contribution in [-0.2, 0) is 0 Å².